The Morgan fingerprint density at radius 1 is 1.50 bits per heavy atom. The zero-order chi connectivity index (χ0) is 6.57. The average molecular weight is 117 g/mol. The highest BCUT2D eigenvalue weighted by Crippen LogP contribution is 1.88. The minimum atomic E-state index is 0.250. The highest BCUT2D eigenvalue weighted by Gasteiger charge is 2.09. The summed E-state index contributed by atoms with van der Waals surface area (Å²) in [6, 6.07) is 0. The first-order valence-electron chi connectivity index (χ1n) is 2.96. The Labute approximate surface area is 51.4 Å². The van der Waals surface area contributed by atoms with Crippen LogP contribution in [0.2, 0.25) is 0 Å². The topological polar surface area (TPSA) is 15.1 Å². The van der Waals surface area contributed by atoms with Gasteiger partial charge >= 0.3 is 0 Å². The largest absolute Gasteiger partial charge is 0.326 e. The molecule has 0 rings (SSSR count). The average Bonchev–Trinajstić information content (AvgIpc) is 1.67. The van der Waals surface area contributed by atoms with Crippen LogP contribution in [-0.4, -0.2) is 26.9 Å². The highest BCUT2D eigenvalue weighted by atomic mass is 16.5. The van der Waals surface area contributed by atoms with Gasteiger partial charge in [0.05, 0.1) is 6.61 Å². The monoisotopic (exact) mass is 117 g/mol. The Balaban J connectivity index is 3.17. The first-order valence-corrected chi connectivity index (χ1v) is 2.96. The molecule has 8 heavy (non-hydrogen) atoms. The molecule has 0 aliphatic carbocycles. The summed E-state index contributed by atoms with van der Waals surface area (Å²) in [6.07, 6.45) is 0.250. The van der Waals surface area contributed by atoms with E-state index < -0.39 is 0 Å². The van der Waals surface area contributed by atoms with Gasteiger partial charge in [-0.25, -0.2) is 0 Å². The Kier molecular flexibility index (Phi) is 3.83. The van der Waals surface area contributed by atoms with Gasteiger partial charge in [0.1, 0.15) is 14.1 Å². The van der Waals surface area contributed by atoms with Gasteiger partial charge in [-0.05, 0) is 6.92 Å². The van der Waals surface area contributed by atoms with E-state index in [1.54, 1.807) is 0 Å². The lowest BCUT2D eigenvalue weighted by atomic mass is 10.6. The van der Waals surface area contributed by atoms with Gasteiger partial charge in [0, 0.05) is 6.92 Å². The van der Waals surface area contributed by atoms with Crippen LogP contribution in [0, 0.1) is 0 Å². The molecule has 0 aromatic heterocycles. The van der Waals surface area contributed by atoms with Gasteiger partial charge < -0.3 is 4.74 Å². The van der Waals surface area contributed by atoms with Crippen LogP contribution >= 0.6 is 0 Å². The molecule has 2 heteroatoms. The molecule has 0 aliphatic heterocycles. The van der Waals surface area contributed by atoms with Crippen molar-refractivity contribution in [3.63, 3.8) is 0 Å². The summed E-state index contributed by atoms with van der Waals surface area (Å²) in [4.78, 5) is 2.03. The molecule has 0 aliphatic rings. The molecule has 0 heterocycles. The van der Waals surface area contributed by atoms with Gasteiger partial charge in [-0.3, -0.25) is 0 Å². The third-order valence-corrected chi connectivity index (χ3v) is 1.14. The van der Waals surface area contributed by atoms with E-state index in [0.717, 1.165) is 6.61 Å². The van der Waals surface area contributed by atoms with Crippen molar-refractivity contribution in [2.24, 2.45) is 0 Å². The lowest BCUT2D eigenvalue weighted by molar-refractivity contribution is 0.0234. The Hall–Kier alpha value is -0.0800. The molecule has 0 fully saturated rings. The minimum Gasteiger partial charge on any atom is -0.326 e. The predicted molar refractivity (Wildman–Crippen MR) is 35.1 cm³/mol. The van der Waals surface area contributed by atoms with Crippen LogP contribution in [0.3, 0.4) is 0 Å². The number of hydrogen-bond donors (Lipinski definition) is 0. The second kappa shape index (κ2) is 3.87. The van der Waals surface area contributed by atoms with Gasteiger partial charge in [-0.2, -0.15) is 0 Å². The zero-order valence-corrected chi connectivity index (χ0v) is 6.14. The van der Waals surface area contributed by atoms with Gasteiger partial charge in [-0.1, -0.05) is 0 Å². The van der Waals surface area contributed by atoms with Crippen LogP contribution in [0.15, 0.2) is 0 Å². The van der Waals surface area contributed by atoms with E-state index in [0.29, 0.717) is 0 Å². The number of nitrogens with zero attached hydrogens (tertiary/aromatic N) is 1. The van der Waals surface area contributed by atoms with Gasteiger partial charge in [-0.15, -0.1) is 4.90 Å². The van der Waals surface area contributed by atoms with E-state index >= 15 is 0 Å². The summed E-state index contributed by atoms with van der Waals surface area (Å²) in [7, 11) is 4.00. The lowest BCUT2D eigenvalue weighted by Crippen LogP contribution is -2.32. The maximum absolute atomic E-state index is 5.23. The van der Waals surface area contributed by atoms with Crippen LogP contribution in [0.25, 0.3) is 0 Å². The number of rotatable bonds is 3. The molecule has 0 N–H and O–H groups in total. The molecular formula is C6H15NO+. The third-order valence-electron chi connectivity index (χ3n) is 1.14. The molecule has 0 saturated heterocycles. The van der Waals surface area contributed by atoms with Crippen molar-refractivity contribution in [3.8, 4) is 0 Å². The quantitative estimate of drug-likeness (QED) is 0.393. The summed E-state index contributed by atoms with van der Waals surface area (Å²) in [5, 5.41) is 0. The summed E-state index contributed by atoms with van der Waals surface area (Å²) >= 11 is 0. The zero-order valence-electron chi connectivity index (χ0n) is 6.14. The first kappa shape index (κ1) is 7.92. The second-order valence-electron chi connectivity index (χ2n) is 2.02. The summed E-state index contributed by atoms with van der Waals surface area (Å²) in [6.45, 7) is 4.82. The van der Waals surface area contributed by atoms with Crippen LogP contribution in [0.4, 0.5) is 0 Å². The summed E-state index contributed by atoms with van der Waals surface area (Å²) in [5.74, 6) is 0. The summed E-state index contributed by atoms with van der Waals surface area (Å²) < 4.78 is 5.23. The van der Waals surface area contributed by atoms with Crippen molar-refractivity contribution < 1.29 is 4.74 Å². The lowest BCUT2D eigenvalue weighted by Gasteiger charge is -2.08. The molecular weight excluding hydrogens is 102 g/mol. The van der Waals surface area contributed by atoms with Crippen LogP contribution in [-0.2, 0) is 4.74 Å². The molecule has 0 aromatic carbocycles. The van der Waals surface area contributed by atoms with Crippen LogP contribution in [0.5, 0.6) is 0 Å². The molecule has 49 valence electrons. The van der Waals surface area contributed by atoms with E-state index in [9.17, 15) is 0 Å². The standard InChI is InChI=1S/C6H15NO/c1-5-8-6(2)7(3)4/h6H,5H2,1-4H3/q+1. The van der Waals surface area contributed by atoms with Crippen molar-refractivity contribution in [3.05, 3.63) is 0 Å². The second-order valence-corrected chi connectivity index (χ2v) is 2.02. The van der Waals surface area contributed by atoms with E-state index in [2.05, 4.69) is 0 Å². The molecule has 1 unspecified atom stereocenters. The molecule has 0 aromatic rings. The van der Waals surface area contributed by atoms with Crippen LogP contribution < -0.4 is 4.90 Å². The molecule has 0 bridgehead atoms. The Bertz CT molecular complexity index is 54.5. The molecule has 0 amide bonds. The van der Waals surface area contributed by atoms with Gasteiger partial charge in [0.15, 0.2) is 0 Å². The van der Waals surface area contributed by atoms with E-state index in [4.69, 9.17) is 4.74 Å². The molecule has 1 radical (unpaired) electrons. The smallest absolute Gasteiger partial charge is 0.233 e. The van der Waals surface area contributed by atoms with Crippen molar-refractivity contribution in [2.45, 2.75) is 20.1 Å². The highest BCUT2D eigenvalue weighted by molar-refractivity contribution is 4.48. The fraction of sp³-hybridized carbons (Fsp3) is 1.00. The molecule has 0 spiro atoms. The van der Waals surface area contributed by atoms with Gasteiger partial charge in [0.25, 0.3) is 0 Å². The Morgan fingerprint density at radius 3 is 2.12 bits per heavy atom. The van der Waals surface area contributed by atoms with E-state index in [1.807, 2.05) is 32.8 Å². The predicted octanol–water partition coefficient (Wildman–Crippen LogP) is 0.769. The van der Waals surface area contributed by atoms with Crippen molar-refractivity contribution in [2.75, 3.05) is 20.7 Å². The fourth-order valence-electron chi connectivity index (χ4n) is 0.390. The van der Waals surface area contributed by atoms with Crippen molar-refractivity contribution >= 4 is 0 Å². The molecule has 1 atom stereocenters. The maximum Gasteiger partial charge on any atom is 0.233 e. The van der Waals surface area contributed by atoms with Crippen molar-refractivity contribution in [1.29, 1.82) is 0 Å². The summed E-state index contributed by atoms with van der Waals surface area (Å²) in [5.41, 5.74) is 0. The number of ether oxygens (including phenoxy) is 1. The molecule has 0 saturated carbocycles. The SMILES string of the molecule is CCOC(C)[N+](C)C. The normalized spacial score (nSPS) is 14.6. The van der Waals surface area contributed by atoms with Crippen molar-refractivity contribution in [1.82, 2.24) is 4.90 Å². The fourth-order valence-corrected chi connectivity index (χ4v) is 0.390. The van der Waals surface area contributed by atoms with E-state index in [1.165, 1.54) is 0 Å². The Morgan fingerprint density at radius 2 is 2.00 bits per heavy atom. The van der Waals surface area contributed by atoms with Gasteiger partial charge in [0.2, 0.25) is 6.23 Å². The number of hydrogen-bond acceptors (Lipinski definition) is 2. The van der Waals surface area contributed by atoms with E-state index in [-0.39, 0.29) is 6.23 Å². The third kappa shape index (κ3) is 2.99. The maximum atomic E-state index is 5.23. The first-order chi connectivity index (χ1) is 3.68. The molecule has 2 nitrogen and oxygen atoms in total. The van der Waals surface area contributed by atoms with Crippen LogP contribution in [0.1, 0.15) is 13.8 Å². The minimum absolute atomic E-state index is 0.250.